The zero-order valence-electron chi connectivity index (χ0n) is 12.6. The van der Waals surface area contributed by atoms with Crippen LogP contribution in [0.25, 0.3) is 5.69 Å². The molecule has 22 heavy (non-hydrogen) atoms. The Labute approximate surface area is 128 Å². The third-order valence-electron chi connectivity index (χ3n) is 3.32. The van der Waals surface area contributed by atoms with Crippen molar-refractivity contribution in [2.24, 2.45) is 5.92 Å². The zero-order valence-corrected chi connectivity index (χ0v) is 12.6. The highest BCUT2D eigenvalue weighted by molar-refractivity contribution is 5.85. The number of nitrogens with zero attached hydrogens (tertiary/aromatic N) is 2. The van der Waals surface area contributed by atoms with Gasteiger partial charge in [0.15, 0.2) is 0 Å². The van der Waals surface area contributed by atoms with E-state index in [2.05, 4.69) is 10.4 Å². The van der Waals surface area contributed by atoms with Crippen LogP contribution in [0.5, 0.6) is 0 Å². The van der Waals surface area contributed by atoms with Crippen LogP contribution in [-0.4, -0.2) is 32.8 Å². The van der Waals surface area contributed by atoms with Crippen LogP contribution in [-0.2, 0) is 16.0 Å². The summed E-state index contributed by atoms with van der Waals surface area (Å²) in [5.74, 6) is -1.48. The second kappa shape index (κ2) is 6.89. The summed E-state index contributed by atoms with van der Waals surface area (Å²) in [7, 11) is 0. The molecule has 0 fully saturated rings. The van der Waals surface area contributed by atoms with Gasteiger partial charge in [0.05, 0.1) is 12.1 Å². The molecule has 0 bridgehead atoms. The second-order valence-corrected chi connectivity index (χ2v) is 5.42. The smallest absolute Gasteiger partial charge is 0.326 e. The number of amides is 1. The van der Waals surface area contributed by atoms with E-state index in [0.717, 1.165) is 11.3 Å². The van der Waals surface area contributed by atoms with Gasteiger partial charge < -0.3 is 10.4 Å². The summed E-state index contributed by atoms with van der Waals surface area (Å²) in [5, 5.41) is 15.8. The minimum absolute atomic E-state index is 0.149. The van der Waals surface area contributed by atoms with E-state index >= 15 is 0 Å². The third-order valence-corrected chi connectivity index (χ3v) is 3.32. The van der Waals surface area contributed by atoms with Crippen LogP contribution in [0, 0.1) is 5.92 Å². The number of carboxylic acid groups (broad SMARTS) is 1. The lowest BCUT2D eigenvalue weighted by atomic mass is 10.0. The Bertz CT molecular complexity index is 633. The Morgan fingerprint density at radius 1 is 1.27 bits per heavy atom. The maximum absolute atomic E-state index is 12.0. The highest BCUT2D eigenvalue weighted by Gasteiger charge is 2.23. The standard InChI is InChI=1S/C16H19N3O3/c1-11(2)15(16(21)22)18-14(20)10-12-4-6-13(7-5-12)19-9-3-8-17-19/h3-9,11,15H,10H2,1-2H3,(H,18,20)(H,21,22). The third kappa shape index (κ3) is 3.94. The van der Waals surface area contributed by atoms with Crippen molar-refractivity contribution in [1.29, 1.82) is 0 Å². The molecule has 0 saturated heterocycles. The van der Waals surface area contributed by atoms with Crippen molar-refractivity contribution in [3.8, 4) is 5.69 Å². The first-order chi connectivity index (χ1) is 10.5. The quantitative estimate of drug-likeness (QED) is 0.849. The average Bonchev–Trinajstić information content (AvgIpc) is 2.99. The summed E-state index contributed by atoms with van der Waals surface area (Å²) < 4.78 is 1.73. The van der Waals surface area contributed by atoms with Crippen LogP contribution in [0.3, 0.4) is 0 Å². The molecule has 116 valence electrons. The predicted molar refractivity (Wildman–Crippen MR) is 81.7 cm³/mol. The van der Waals surface area contributed by atoms with Gasteiger partial charge in [-0.1, -0.05) is 26.0 Å². The number of rotatable bonds is 6. The number of nitrogens with one attached hydrogen (secondary N) is 1. The van der Waals surface area contributed by atoms with Crippen molar-refractivity contribution in [3.63, 3.8) is 0 Å². The zero-order chi connectivity index (χ0) is 16.1. The molecule has 0 spiro atoms. The normalized spacial score (nSPS) is 12.1. The van der Waals surface area contributed by atoms with E-state index in [1.807, 2.05) is 36.5 Å². The van der Waals surface area contributed by atoms with Crippen molar-refractivity contribution in [2.75, 3.05) is 0 Å². The van der Waals surface area contributed by atoms with Crippen molar-refractivity contribution in [1.82, 2.24) is 15.1 Å². The van der Waals surface area contributed by atoms with Crippen molar-refractivity contribution in [3.05, 3.63) is 48.3 Å². The molecule has 1 amide bonds. The van der Waals surface area contributed by atoms with E-state index < -0.39 is 12.0 Å². The molecule has 1 unspecified atom stereocenters. The molecule has 1 atom stereocenters. The molecule has 2 N–H and O–H groups in total. The van der Waals surface area contributed by atoms with Crippen LogP contribution < -0.4 is 5.32 Å². The topological polar surface area (TPSA) is 84.2 Å². The molecule has 0 saturated carbocycles. The molecule has 0 radical (unpaired) electrons. The van der Waals surface area contributed by atoms with Gasteiger partial charge in [-0.15, -0.1) is 0 Å². The van der Waals surface area contributed by atoms with Gasteiger partial charge in [0, 0.05) is 12.4 Å². The van der Waals surface area contributed by atoms with Gasteiger partial charge in [-0.25, -0.2) is 9.48 Å². The van der Waals surface area contributed by atoms with Crippen LogP contribution in [0.15, 0.2) is 42.7 Å². The van der Waals surface area contributed by atoms with E-state index in [1.54, 1.807) is 24.7 Å². The van der Waals surface area contributed by atoms with Crippen LogP contribution in [0.1, 0.15) is 19.4 Å². The molecule has 0 aliphatic heterocycles. The van der Waals surface area contributed by atoms with Gasteiger partial charge in [-0.3, -0.25) is 4.79 Å². The van der Waals surface area contributed by atoms with Crippen molar-refractivity contribution >= 4 is 11.9 Å². The monoisotopic (exact) mass is 301 g/mol. The molecule has 6 heteroatoms. The lowest BCUT2D eigenvalue weighted by molar-refractivity contribution is -0.143. The summed E-state index contributed by atoms with van der Waals surface area (Å²) in [6.45, 7) is 3.52. The minimum atomic E-state index is -1.02. The lowest BCUT2D eigenvalue weighted by Crippen LogP contribution is -2.44. The molecule has 2 aromatic rings. The number of carbonyl (C=O) groups excluding carboxylic acids is 1. The molecule has 0 aliphatic carbocycles. The van der Waals surface area contributed by atoms with E-state index in [9.17, 15) is 9.59 Å². The number of benzene rings is 1. The van der Waals surface area contributed by atoms with Gasteiger partial charge in [0.2, 0.25) is 5.91 Å². The highest BCUT2D eigenvalue weighted by atomic mass is 16.4. The maximum Gasteiger partial charge on any atom is 0.326 e. The van der Waals surface area contributed by atoms with Gasteiger partial charge in [0.25, 0.3) is 0 Å². The summed E-state index contributed by atoms with van der Waals surface area (Å²) in [4.78, 5) is 23.0. The molecule has 1 aromatic carbocycles. The Kier molecular flexibility index (Phi) is 4.93. The second-order valence-electron chi connectivity index (χ2n) is 5.42. The fraction of sp³-hybridized carbons (Fsp3) is 0.312. The van der Waals surface area contributed by atoms with E-state index in [4.69, 9.17) is 5.11 Å². The Balaban J connectivity index is 1.98. The predicted octanol–water partition coefficient (Wildman–Crippen LogP) is 1.64. The number of carbonyl (C=O) groups is 2. The fourth-order valence-electron chi connectivity index (χ4n) is 2.11. The van der Waals surface area contributed by atoms with E-state index in [0.29, 0.717) is 0 Å². The summed E-state index contributed by atoms with van der Waals surface area (Å²) >= 11 is 0. The van der Waals surface area contributed by atoms with Crippen LogP contribution >= 0.6 is 0 Å². The summed E-state index contributed by atoms with van der Waals surface area (Å²) in [6, 6.07) is 8.37. The van der Waals surface area contributed by atoms with Crippen molar-refractivity contribution in [2.45, 2.75) is 26.3 Å². The number of carboxylic acids is 1. The molecule has 1 aromatic heterocycles. The molecule has 0 aliphatic rings. The molecule has 6 nitrogen and oxygen atoms in total. The first kappa shape index (κ1) is 15.8. The largest absolute Gasteiger partial charge is 0.480 e. The Hall–Kier alpha value is -2.63. The molecular formula is C16H19N3O3. The molecule has 2 rings (SSSR count). The fourth-order valence-corrected chi connectivity index (χ4v) is 2.11. The number of hydrogen-bond acceptors (Lipinski definition) is 3. The SMILES string of the molecule is CC(C)C(NC(=O)Cc1ccc(-n2cccn2)cc1)C(=O)O. The van der Waals surface area contributed by atoms with E-state index in [1.165, 1.54) is 0 Å². The van der Waals surface area contributed by atoms with Crippen molar-refractivity contribution < 1.29 is 14.7 Å². The Morgan fingerprint density at radius 3 is 2.45 bits per heavy atom. The van der Waals surface area contributed by atoms with Gasteiger partial charge in [0.1, 0.15) is 6.04 Å². The molecule has 1 heterocycles. The van der Waals surface area contributed by atoms with Gasteiger partial charge >= 0.3 is 5.97 Å². The average molecular weight is 301 g/mol. The lowest BCUT2D eigenvalue weighted by Gasteiger charge is -2.17. The molecular weight excluding hydrogens is 282 g/mol. The van der Waals surface area contributed by atoms with Crippen LogP contribution in [0.2, 0.25) is 0 Å². The van der Waals surface area contributed by atoms with Gasteiger partial charge in [-0.2, -0.15) is 5.10 Å². The van der Waals surface area contributed by atoms with Gasteiger partial charge in [-0.05, 0) is 29.7 Å². The number of aromatic nitrogens is 2. The first-order valence-electron chi connectivity index (χ1n) is 7.08. The Morgan fingerprint density at radius 2 is 1.95 bits per heavy atom. The number of hydrogen-bond donors (Lipinski definition) is 2. The first-order valence-corrected chi connectivity index (χ1v) is 7.08. The van der Waals surface area contributed by atoms with E-state index in [-0.39, 0.29) is 18.2 Å². The highest BCUT2D eigenvalue weighted by Crippen LogP contribution is 2.10. The number of aliphatic carboxylic acids is 1. The minimum Gasteiger partial charge on any atom is -0.480 e. The summed E-state index contributed by atoms with van der Waals surface area (Å²) in [6.07, 6.45) is 3.68. The van der Waals surface area contributed by atoms with Crippen LogP contribution in [0.4, 0.5) is 0 Å². The maximum atomic E-state index is 12.0. The summed E-state index contributed by atoms with van der Waals surface area (Å²) in [5.41, 5.74) is 1.72.